The lowest BCUT2D eigenvalue weighted by Gasteiger charge is -2.31. The van der Waals surface area contributed by atoms with E-state index in [0.29, 0.717) is 12.0 Å². The highest BCUT2D eigenvalue weighted by Gasteiger charge is 2.28. The van der Waals surface area contributed by atoms with Crippen LogP contribution in [0.5, 0.6) is 0 Å². The van der Waals surface area contributed by atoms with Crippen molar-refractivity contribution in [2.75, 3.05) is 20.3 Å². The number of carbonyl (C=O) groups excluding carboxylic acids is 1. The minimum absolute atomic E-state index is 0.140. The Hall–Kier alpha value is -0.570. The van der Waals surface area contributed by atoms with Crippen molar-refractivity contribution in [2.24, 2.45) is 11.8 Å². The maximum absolute atomic E-state index is 12.1. The predicted octanol–water partition coefficient (Wildman–Crippen LogP) is 1.92. The standard InChI is InChI=1S/C12H23NO2/c1-9(2)13(4)12(14)10(3)11-5-7-15-8-6-11/h9-11H,5-8H2,1-4H3. The van der Waals surface area contributed by atoms with E-state index >= 15 is 0 Å². The number of hydrogen-bond acceptors (Lipinski definition) is 2. The molecule has 0 saturated carbocycles. The van der Waals surface area contributed by atoms with Crippen molar-refractivity contribution in [3.8, 4) is 0 Å². The molecule has 1 unspecified atom stereocenters. The first-order chi connectivity index (χ1) is 7.04. The molecule has 15 heavy (non-hydrogen) atoms. The maximum Gasteiger partial charge on any atom is 0.225 e. The van der Waals surface area contributed by atoms with E-state index < -0.39 is 0 Å². The van der Waals surface area contributed by atoms with Gasteiger partial charge in [0.1, 0.15) is 0 Å². The van der Waals surface area contributed by atoms with E-state index in [2.05, 4.69) is 20.8 Å². The third kappa shape index (κ3) is 3.20. The summed E-state index contributed by atoms with van der Waals surface area (Å²) in [5, 5.41) is 0. The van der Waals surface area contributed by atoms with Crippen molar-refractivity contribution in [1.29, 1.82) is 0 Å². The molecule has 0 bridgehead atoms. The molecule has 0 spiro atoms. The molecule has 3 heteroatoms. The van der Waals surface area contributed by atoms with Crippen molar-refractivity contribution in [1.82, 2.24) is 4.90 Å². The van der Waals surface area contributed by atoms with Gasteiger partial charge in [0.25, 0.3) is 0 Å². The summed E-state index contributed by atoms with van der Waals surface area (Å²) in [7, 11) is 1.89. The fraction of sp³-hybridized carbons (Fsp3) is 0.917. The Labute approximate surface area is 92.8 Å². The molecule has 0 radical (unpaired) electrons. The van der Waals surface area contributed by atoms with Crippen molar-refractivity contribution in [2.45, 2.75) is 39.7 Å². The van der Waals surface area contributed by atoms with Gasteiger partial charge in [0.2, 0.25) is 5.91 Å². The zero-order valence-corrected chi connectivity index (χ0v) is 10.3. The first-order valence-electron chi connectivity index (χ1n) is 5.88. The molecule has 1 heterocycles. The summed E-state index contributed by atoms with van der Waals surface area (Å²) in [4.78, 5) is 13.9. The lowest BCUT2D eigenvalue weighted by Crippen LogP contribution is -2.40. The molecular weight excluding hydrogens is 190 g/mol. The number of hydrogen-bond donors (Lipinski definition) is 0. The summed E-state index contributed by atoms with van der Waals surface area (Å²) in [6.07, 6.45) is 2.05. The Kier molecular flexibility index (Phi) is 4.58. The monoisotopic (exact) mass is 213 g/mol. The van der Waals surface area contributed by atoms with Crippen LogP contribution in [0.4, 0.5) is 0 Å². The first kappa shape index (κ1) is 12.5. The highest BCUT2D eigenvalue weighted by Crippen LogP contribution is 2.25. The van der Waals surface area contributed by atoms with Gasteiger partial charge >= 0.3 is 0 Å². The van der Waals surface area contributed by atoms with Crippen LogP contribution >= 0.6 is 0 Å². The van der Waals surface area contributed by atoms with Gasteiger partial charge in [0.15, 0.2) is 0 Å². The van der Waals surface area contributed by atoms with Crippen molar-refractivity contribution in [3.05, 3.63) is 0 Å². The van der Waals surface area contributed by atoms with E-state index in [1.165, 1.54) is 0 Å². The molecule has 88 valence electrons. The van der Waals surface area contributed by atoms with E-state index in [1.807, 2.05) is 11.9 Å². The number of carbonyl (C=O) groups is 1. The minimum atomic E-state index is 0.140. The second-order valence-corrected chi connectivity index (χ2v) is 4.78. The minimum Gasteiger partial charge on any atom is -0.381 e. The average Bonchev–Trinajstić information content (AvgIpc) is 2.27. The van der Waals surface area contributed by atoms with Crippen LogP contribution in [0.15, 0.2) is 0 Å². The maximum atomic E-state index is 12.1. The third-order valence-electron chi connectivity index (χ3n) is 3.48. The van der Waals surface area contributed by atoms with Crippen LogP contribution < -0.4 is 0 Å². The summed E-state index contributed by atoms with van der Waals surface area (Å²) in [6, 6.07) is 0.291. The van der Waals surface area contributed by atoms with Gasteiger partial charge in [-0.2, -0.15) is 0 Å². The Morgan fingerprint density at radius 1 is 1.27 bits per heavy atom. The second kappa shape index (κ2) is 5.50. The van der Waals surface area contributed by atoms with E-state index in [-0.39, 0.29) is 11.8 Å². The quantitative estimate of drug-likeness (QED) is 0.717. The molecule has 0 aromatic carbocycles. The largest absolute Gasteiger partial charge is 0.381 e. The molecule has 1 amide bonds. The average molecular weight is 213 g/mol. The topological polar surface area (TPSA) is 29.5 Å². The molecule has 1 saturated heterocycles. The normalized spacial score (nSPS) is 20.3. The summed E-state index contributed by atoms with van der Waals surface area (Å²) in [5.74, 6) is 0.922. The van der Waals surface area contributed by atoms with Gasteiger partial charge in [-0.15, -0.1) is 0 Å². The van der Waals surface area contributed by atoms with Crippen molar-refractivity contribution < 1.29 is 9.53 Å². The fourth-order valence-corrected chi connectivity index (χ4v) is 1.99. The number of ether oxygens (including phenoxy) is 1. The fourth-order valence-electron chi connectivity index (χ4n) is 1.99. The smallest absolute Gasteiger partial charge is 0.225 e. The SMILES string of the molecule is CC(C(=O)N(C)C(C)C)C1CCOCC1. The molecule has 1 atom stereocenters. The Morgan fingerprint density at radius 2 is 1.80 bits per heavy atom. The summed E-state index contributed by atoms with van der Waals surface area (Å²) < 4.78 is 5.31. The molecule has 1 rings (SSSR count). The molecule has 1 fully saturated rings. The molecular formula is C12H23NO2. The highest BCUT2D eigenvalue weighted by atomic mass is 16.5. The number of rotatable bonds is 3. The van der Waals surface area contributed by atoms with Crippen LogP contribution in [0.1, 0.15) is 33.6 Å². The first-order valence-corrected chi connectivity index (χ1v) is 5.88. The van der Waals surface area contributed by atoms with Gasteiger partial charge in [-0.3, -0.25) is 4.79 Å². The molecule has 1 aliphatic rings. The Morgan fingerprint density at radius 3 is 2.27 bits per heavy atom. The second-order valence-electron chi connectivity index (χ2n) is 4.78. The van der Waals surface area contributed by atoms with Crippen LogP contribution in [0.25, 0.3) is 0 Å². The number of nitrogens with zero attached hydrogens (tertiary/aromatic N) is 1. The summed E-state index contributed by atoms with van der Waals surface area (Å²) >= 11 is 0. The van der Waals surface area contributed by atoms with E-state index in [1.54, 1.807) is 0 Å². The van der Waals surface area contributed by atoms with Gasteiger partial charge in [-0.05, 0) is 32.6 Å². The van der Waals surface area contributed by atoms with E-state index in [4.69, 9.17) is 4.74 Å². The van der Waals surface area contributed by atoms with Gasteiger partial charge < -0.3 is 9.64 Å². The van der Waals surface area contributed by atoms with Crippen LogP contribution in [0.3, 0.4) is 0 Å². The molecule has 3 nitrogen and oxygen atoms in total. The van der Waals surface area contributed by atoms with Crippen molar-refractivity contribution >= 4 is 5.91 Å². The highest BCUT2D eigenvalue weighted by molar-refractivity contribution is 5.78. The molecule has 0 N–H and O–H groups in total. The van der Waals surface area contributed by atoms with Gasteiger partial charge in [0, 0.05) is 32.2 Å². The zero-order valence-electron chi connectivity index (χ0n) is 10.3. The summed E-state index contributed by atoms with van der Waals surface area (Å²) in [5.41, 5.74) is 0. The third-order valence-corrected chi connectivity index (χ3v) is 3.48. The van der Waals surface area contributed by atoms with Crippen molar-refractivity contribution in [3.63, 3.8) is 0 Å². The van der Waals surface area contributed by atoms with E-state index in [9.17, 15) is 4.79 Å². The molecule has 0 aromatic rings. The van der Waals surface area contributed by atoms with Crippen LogP contribution in [-0.4, -0.2) is 37.1 Å². The lowest BCUT2D eigenvalue weighted by molar-refractivity contribution is -0.138. The summed E-state index contributed by atoms with van der Waals surface area (Å²) in [6.45, 7) is 7.78. The van der Waals surface area contributed by atoms with Gasteiger partial charge in [0.05, 0.1) is 0 Å². The van der Waals surface area contributed by atoms with Gasteiger partial charge in [-0.1, -0.05) is 6.92 Å². The lowest BCUT2D eigenvalue weighted by atomic mass is 9.86. The Bertz CT molecular complexity index is 210. The van der Waals surface area contributed by atoms with Gasteiger partial charge in [-0.25, -0.2) is 0 Å². The van der Waals surface area contributed by atoms with Crippen LogP contribution in [0, 0.1) is 11.8 Å². The predicted molar refractivity (Wildman–Crippen MR) is 60.6 cm³/mol. The Balaban J connectivity index is 2.50. The van der Waals surface area contributed by atoms with E-state index in [0.717, 1.165) is 26.1 Å². The molecule has 1 aliphatic heterocycles. The van der Waals surface area contributed by atoms with Crippen LogP contribution in [0.2, 0.25) is 0 Å². The molecule has 0 aromatic heterocycles. The molecule has 0 aliphatic carbocycles. The zero-order chi connectivity index (χ0) is 11.4. The number of amides is 1. The van der Waals surface area contributed by atoms with Crippen LogP contribution in [-0.2, 0) is 9.53 Å².